The quantitative estimate of drug-likeness (QED) is 0.546. The van der Waals surface area contributed by atoms with Gasteiger partial charge in [-0.1, -0.05) is 0 Å². The fourth-order valence-electron chi connectivity index (χ4n) is 1.56. The Bertz CT molecular complexity index is 309. The van der Waals surface area contributed by atoms with Gasteiger partial charge >= 0.3 is 0 Å². The first-order chi connectivity index (χ1) is 6.90. The lowest BCUT2D eigenvalue weighted by Crippen LogP contribution is -2.20. The fourth-order valence-corrected chi connectivity index (χ4v) is 1.79. The molecule has 0 saturated heterocycles. The van der Waals surface area contributed by atoms with Gasteiger partial charge < -0.3 is 10.1 Å². The average Bonchev–Trinajstić information content (AvgIpc) is 2.42. The first-order valence-corrected chi connectivity index (χ1v) is 5.35. The minimum atomic E-state index is 0.742. The maximum Gasteiger partial charge on any atom is 0.120 e. The van der Waals surface area contributed by atoms with Gasteiger partial charge in [0.1, 0.15) is 12.4 Å². The lowest BCUT2D eigenvalue weighted by atomic mass is 10.0. The third-order valence-electron chi connectivity index (χ3n) is 2.23. The highest BCUT2D eigenvalue weighted by Gasteiger charge is 2.15. The molecule has 0 spiro atoms. The molecule has 0 aromatic heterocycles. The Hall–Kier alpha value is -0.810. The van der Waals surface area contributed by atoms with Crippen LogP contribution in [0.15, 0.2) is 28.6 Å². The number of ether oxygens (including phenoxy) is 1. The second-order valence-corrected chi connectivity index (χ2v) is 3.55. The summed E-state index contributed by atoms with van der Waals surface area (Å²) in [5, 5.41) is 7.39. The van der Waals surface area contributed by atoms with Gasteiger partial charge in [0.05, 0.1) is 21.9 Å². The van der Waals surface area contributed by atoms with E-state index in [1.54, 1.807) is 0 Å². The van der Waals surface area contributed by atoms with Crippen molar-refractivity contribution >= 4 is 21.9 Å². The molecule has 1 aliphatic carbocycles. The van der Waals surface area contributed by atoms with E-state index >= 15 is 0 Å². The summed E-state index contributed by atoms with van der Waals surface area (Å²) in [6, 6.07) is 0. The maximum absolute atomic E-state index is 5.58. The molecule has 0 aromatic carbocycles. The summed E-state index contributed by atoms with van der Waals surface area (Å²) in [6.45, 7) is 2.54. The molecule has 0 bridgehead atoms. The summed E-state index contributed by atoms with van der Waals surface area (Å²) in [4.78, 5) is 0. The van der Waals surface area contributed by atoms with Crippen molar-refractivity contribution in [2.45, 2.75) is 6.42 Å². The molecule has 1 aliphatic heterocycles. The molecule has 0 saturated carbocycles. The number of allylic oxidation sites excluding steroid dienone is 2. The summed E-state index contributed by atoms with van der Waals surface area (Å²) < 4.78 is 8.19. The topological polar surface area (TPSA) is 45.7 Å². The van der Waals surface area contributed by atoms with Crippen molar-refractivity contribution in [3.63, 3.8) is 0 Å². The smallest absolute Gasteiger partial charge is 0.120 e. The van der Waals surface area contributed by atoms with Gasteiger partial charge in [-0.05, 0) is 17.7 Å². The Balaban J connectivity index is 2.14. The Kier molecular flexibility index (Phi) is 3.21. The summed E-state index contributed by atoms with van der Waals surface area (Å²) in [5.41, 5.74) is 2.28. The number of nitrogens with zero attached hydrogens (tertiary/aromatic N) is 1. The van der Waals surface area contributed by atoms with Gasteiger partial charge in [-0.25, -0.2) is 4.45 Å². The maximum atomic E-state index is 5.58. The van der Waals surface area contributed by atoms with Crippen molar-refractivity contribution in [3.8, 4) is 0 Å². The van der Waals surface area contributed by atoms with Crippen LogP contribution in [0.2, 0.25) is 0 Å². The number of rotatable bonds is 1. The molecule has 0 aromatic rings. The molecule has 4 nitrogen and oxygen atoms in total. The van der Waals surface area contributed by atoms with Crippen molar-refractivity contribution in [2.75, 3.05) is 19.7 Å². The summed E-state index contributed by atoms with van der Waals surface area (Å²) in [7, 11) is 0. The SMILES string of the molecule is BrNN=C1C=CC2=C(CNCCO2)C1. The fraction of sp³-hybridized carbons (Fsp3) is 0.444. The standard InChI is InChI=1S/C9H12BrN3O/c10-13-12-8-1-2-9-7(5-8)6-11-3-4-14-9/h1-2,11,13H,3-6H2. The van der Waals surface area contributed by atoms with Crippen LogP contribution in [0.25, 0.3) is 0 Å². The van der Waals surface area contributed by atoms with Crippen LogP contribution in [0.3, 0.4) is 0 Å². The van der Waals surface area contributed by atoms with Crippen molar-refractivity contribution < 1.29 is 4.74 Å². The van der Waals surface area contributed by atoms with Crippen LogP contribution in [0.1, 0.15) is 6.42 Å². The number of hydrogen-bond donors (Lipinski definition) is 2. The normalized spacial score (nSPS) is 24.2. The molecule has 0 unspecified atom stereocenters. The van der Waals surface area contributed by atoms with E-state index in [1.807, 2.05) is 12.2 Å². The van der Waals surface area contributed by atoms with Crippen LogP contribution >= 0.6 is 16.1 Å². The zero-order valence-corrected chi connectivity index (χ0v) is 9.30. The van der Waals surface area contributed by atoms with Crippen LogP contribution in [0.5, 0.6) is 0 Å². The Morgan fingerprint density at radius 3 is 3.29 bits per heavy atom. The Labute approximate surface area is 91.4 Å². The van der Waals surface area contributed by atoms with E-state index in [9.17, 15) is 0 Å². The third kappa shape index (κ3) is 2.16. The molecule has 76 valence electrons. The van der Waals surface area contributed by atoms with Gasteiger partial charge in [-0.2, -0.15) is 5.10 Å². The van der Waals surface area contributed by atoms with Crippen LogP contribution in [0, 0.1) is 0 Å². The van der Waals surface area contributed by atoms with Crippen molar-refractivity contribution in [3.05, 3.63) is 23.5 Å². The highest BCUT2D eigenvalue weighted by atomic mass is 79.9. The number of halogens is 1. The molecule has 2 aliphatic rings. The second kappa shape index (κ2) is 4.61. The highest BCUT2D eigenvalue weighted by molar-refractivity contribution is 9.08. The molecular weight excluding hydrogens is 246 g/mol. The molecule has 0 atom stereocenters. The molecule has 14 heavy (non-hydrogen) atoms. The summed E-state index contributed by atoms with van der Waals surface area (Å²) >= 11 is 3.05. The zero-order valence-electron chi connectivity index (χ0n) is 7.72. The molecule has 0 amide bonds. The van der Waals surface area contributed by atoms with Crippen molar-refractivity contribution in [2.24, 2.45) is 5.10 Å². The predicted octanol–water partition coefficient (Wildman–Crippen LogP) is 1.08. The van der Waals surface area contributed by atoms with E-state index in [1.165, 1.54) is 5.57 Å². The molecule has 2 rings (SSSR count). The van der Waals surface area contributed by atoms with Gasteiger partial charge in [0.15, 0.2) is 0 Å². The van der Waals surface area contributed by atoms with E-state index in [4.69, 9.17) is 4.74 Å². The molecule has 0 fully saturated rings. The van der Waals surface area contributed by atoms with Crippen LogP contribution in [-0.4, -0.2) is 25.4 Å². The Morgan fingerprint density at radius 2 is 2.43 bits per heavy atom. The molecule has 0 radical (unpaired) electrons. The van der Waals surface area contributed by atoms with Crippen molar-refractivity contribution in [1.29, 1.82) is 0 Å². The van der Waals surface area contributed by atoms with Gasteiger partial charge in [0.25, 0.3) is 0 Å². The second-order valence-electron chi connectivity index (χ2n) is 3.19. The van der Waals surface area contributed by atoms with Crippen LogP contribution < -0.4 is 9.77 Å². The first kappa shape index (κ1) is 9.73. The monoisotopic (exact) mass is 257 g/mol. The number of nitrogens with one attached hydrogen (secondary N) is 2. The van der Waals surface area contributed by atoms with Gasteiger partial charge in [0, 0.05) is 19.5 Å². The summed E-state index contributed by atoms with van der Waals surface area (Å²) in [6.07, 6.45) is 4.80. The number of hydrazone groups is 1. The van der Waals surface area contributed by atoms with Crippen LogP contribution in [-0.2, 0) is 4.74 Å². The first-order valence-electron chi connectivity index (χ1n) is 4.56. The van der Waals surface area contributed by atoms with Gasteiger partial charge in [-0.15, -0.1) is 0 Å². The largest absolute Gasteiger partial charge is 0.492 e. The van der Waals surface area contributed by atoms with E-state index in [2.05, 4.69) is 31.0 Å². The van der Waals surface area contributed by atoms with E-state index in [-0.39, 0.29) is 0 Å². The zero-order chi connectivity index (χ0) is 9.80. The minimum absolute atomic E-state index is 0.742. The van der Waals surface area contributed by atoms with Gasteiger partial charge in [0.2, 0.25) is 0 Å². The third-order valence-corrected chi connectivity index (χ3v) is 2.41. The molecule has 2 N–H and O–H groups in total. The lowest BCUT2D eigenvalue weighted by Gasteiger charge is -2.13. The van der Waals surface area contributed by atoms with Crippen LogP contribution in [0.4, 0.5) is 0 Å². The minimum Gasteiger partial charge on any atom is -0.492 e. The summed E-state index contributed by atoms with van der Waals surface area (Å²) in [5.74, 6) is 1.00. The Morgan fingerprint density at radius 1 is 1.50 bits per heavy atom. The molecule has 5 heteroatoms. The lowest BCUT2D eigenvalue weighted by molar-refractivity contribution is 0.231. The van der Waals surface area contributed by atoms with Gasteiger partial charge in [-0.3, -0.25) is 0 Å². The molecule has 1 heterocycles. The van der Waals surface area contributed by atoms with E-state index in [0.29, 0.717) is 0 Å². The average molecular weight is 258 g/mol. The van der Waals surface area contributed by atoms with Crippen molar-refractivity contribution in [1.82, 2.24) is 9.77 Å². The number of hydrogen-bond acceptors (Lipinski definition) is 4. The van der Waals surface area contributed by atoms with E-state index in [0.717, 1.165) is 37.6 Å². The predicted molar refractivity (Wildman–Crippen MR) is 59.1 cm³/mol. The van der Waals surface area contributed by atoms with E-state index < -0.39 is 0 Å². The highest BCUT2D eigenvalue weighted by Crippen LogP contribution is 2.19. The molecular formula is C9H12BrN3O.